The quantitative estimate of drug-likeness (QED) is 0.514. The van der Waals surface area contributed by atoms with Crippen molar-refractivity contribution in [2.24, 2.45) is 12.5 Å². The van der Waals surface area contributed by atoms with E-state index >= 15 is 0 Å². The summed E-state index contributed by atoms with van der Waals surface area (Å²) in [5.41, 5.74) is 0.303. The third kappa shape index (κ3) is 6.39. The molecule has 0 aliphatic rings. The topological polar surface area (TPSA) is 58.7 Å². The predicted octanol–water partition coefficient (Wildman–Crippen LogP) is 4.04. The van der Waals surface area contributed by atoms with Crippen LogP contribution in [0.25, 0.3) is 0 Å². The number of furan rings is 1. The molecular formula is C22H32ClN3O3. The number of rotatable bonds is 11. The van der Waals surface area contributed by atoms with E-state index in [0.717, 1.165) is 18.5 Å². The first-order chi connectivity index (χ1) is 13.8. The van der Waals surface area contributed by atoms with E-state index in [1.54, 1.807) is 22.1 Å². The van der Waals surface area contributed by atoms with Gasteiger partial charge in [0.25, 0.3) is 0 Å². The molecule has 0 N–H and O–H groups in total. The molecule has 2 aromatic rings. The van der Waals surface area contributed by atoms with E-state index in [1.165, 1.54) is 0 Å². The Labute approximate surface area is 178 Å². The summed E-state index contributed by atoms with van der Waals surface area (Å²) < 4.78 is 7.44. The molecule has 0 spiro atoms. The maximum Gasteiger partial charge on any atom is 0.242 e. The number of unbranched alkanes of at least 4 members (excludes halogenated alkanes) is 1. The van der Waals surface area contributed by atoms with Gasteiger partial charge in [0.05, 0.1) is 31.3 Å². The van der Waals surface area contributed by atoms with Crippen molar-refractivity contribution in [1.82, 2.24) is 14.4 Å². The standard InChI is InChI=1S/C22H32ClN3O3/c1-5-6-12-25(21(28)22(2,3)17-23)16-20(27)26(15-19-10-8-13-29-19)14-18-9-7-11-24(18)4/h7-11,13H,5-6,12,14-17H2,1-4H3. The highest BCUT2D eigenvalue weighted by Crippen LogP contribution is 2.22. The third-order valence-corrected chi connectivity index (χ3v) is 5.66. The Morgan fingerprint density at radius 3 is 2.48 bits per heavy atom. The predicted molar refractivity (Wildman–Crippen MR) is 114 cm³/mol. The van der Waals surface area contributed by atoms with Crippen molar-refractivity contribution in [3.05, 3.63) is 48.2 Å². The van der Waals surface area contributed by atoms with Gasteiger partial charge in [0.2, 0.25) is 11.8 Å². The van der Waals surface area contributed by atoms with E-state index in [4.69, 9.17) is 16.0 Å². The molecule has 2 amide bonds. The molecule has 0 saturated heterocycles. The van der Waals surface area contributed by atoms with Gasteiger partial charge in [-0.05, 0) is 44.5 Å². The van der Waals surface area contributed by atoms with Crippen LogP contribution in [0.3, 0.4) is 0 Å². The number of aryl methyl sites for hydroxylation is 1. The fourth-order valence-electron chi connectivity index (χ4n) is 3.03. The third-order valence-electron chi connectivity index (χ3n) is 4.99. The average Bonchev–Trinajstić information content (AvgIpc) is 3.35. The number of carbonyl (C=O) groups is 2. The fraction of sp³-hybridized carbons (Fsp3) is 0.545. The highest BCUT2D eigenvalue weighted by atomic mass is 35.5. The first-order valence-electron chi connectivity index (χ1n) is 10.0. The summed E-state index contributed by atoms with van der Waals surface area (Å²) in [6, 6.07) is 7.59. The highest BCUT2D eigenvalue weighted by Gasteiger charge is 2.33. The lowest BCUT2D eigenvalue weighted by Gasteiger charge is -2.32. The van der Waals surface area contributed by atoms with Gasteiger partial charge < -0.3 is 18.8 Å². The summed E-state index contributed by atoms with van der Waals surface area (Å²) in [5, 5.41) is 0. The summed E-state index contributed by atoms with van der Waals surface area (Å²) in [4.78, 5) is 29.6. The Balaban J connectivity index is 2.19. The molecular weight excluding hydrogens is 390 g/mol. The van der Waals surface area contributed by atoms with Crippen molar-refractivity contribution >= 4 is 23.4 Å². The number of hydrogen-bond donors (Lipinski definition) is 0. The second-order valence-electron chi connectivity index (χ2n) is 8.04. The van der Waals surface area contributed by atoms with Gasteiger partial charge in [-0.2, -0.15) is 0 Å². The Morgan fingerprint density at radius 1 is 1.17 bits per heavy atom. The van der Waals surface area contributed by atoms with Crippen molar-refractivity contribution < 1.29 is 14.0 Å². The number of carbonyl (C=O) groups excluding carboxylic acids is 2. The zero-order chi connectivity index (χ0) is 21.4. The molecule has 29 heavy (non-hydrogen) atoms. The van der Waals surface area contributed by atoms with E-state index < -0.39 is 5.41 Å². The van der Waals surface area contributed by atoms with Crippen LogP contribution in [0.2, 0.25) is 0 Å². The van der Waals surface area contributed by atoms with Crippen LogP contribution in [0.15, 0.2) is 41.1 Å². The Hall–Kier alpha value is -2.21. The van der Waals surface area contributed by atoms with Crippen molar-refractivity contribution in [3.8, 4) is 0 Å². The molecule has 2 aromatic heterocycles. The molecule has 0 bridgehead atoms. The molecule has 160 valence electrons. The van der Waals surface area contributed by atoms with E-state index in [2.05, 4.69) is 6.92 Å². The second kappa shape index (κ2) is 10.5. The van der Waals surface area contributed by atoms with E-state index in [1.807, 2.05) is 49.9 Å². The first-order valence-corrected chi connectivity index (χ1v) is 10.6. The molecule has 0 aliphatic heterocycles. The molecule has 0 fully saturated rings. The van der Waals surface area contributed by atoms with Gasteiger partial charge in [0.15, 0.2) is 0 Å². The van der Waals surface area contributed by atoms with Gasteiger partial charge in [-0.15, -0.1) is 11.6 Å². The smallest absolute Gasteiger partial charge is 0.242 e. The normalized spacial score (nSPS) is 11.5. The van der Waals surface area contributed by atoms with Crippen LogP contribution >= 0.6 is 11.6 Å². The minimum absolute atomic E-state index is 0.0320. The highest BCUT2D eigenvalue weighted by molar-refractivity contribution is 6.19. The molecule has 0 aromatic carbocycles. The number of amides is 2. The summed E-state index contributed by atoms with van der Waals surface area (Å²) in [6.07, 6.45) is 5.33. The van der Waals surface area contributed by atoms with Gasteiger partial charge >= 0.3 is 0 Å². The van der Waals surface area contributed by atoms with Crippen LogP contribution in [0.4, 0.5) is 0 Å². The Kier molecular flexibility index (Phi) is 8.38. The zero-order valence-electron chi connectivity index (χ0n) is 17.9. The van der Waals surface area contributed by atoms with Gasteiger partial charge in [0, 0.05) is 31.4 Å². The van der Waals surface area contributed by atoms with Crippen LogP contribution in [-0.4, -0.2) is 45.2 Å². The van der Waals surface area contributed by atoms with Crippen molar-refractivity contribution in [3.63, 3.8) is 0 Å². The van der Waals surface area contributed by atoms with Crippen molar-refractivity contribution in [2.75, 3.05) is 19.0 Å². The number of hydrogen-bond acceptors (Lipinski definition) is 3. The van der Waals surface area contributed by atoms with Gasteiger partial charge in [-0.3, -0.25) is 9.59 Å². The van der Waals surface area contributed by atoms with Gasteiger partial charge in [-0.25, -0.2) is 0 Å². The minimum Gasteiger partial charge on any atom is -0.467 e. The molecule has 0 saturated carbocycles. The molecule has 0 unspecified atom stereocenters. The Morgan fingerprint density at radius 2 is 1.93 bits per heavy atom. The lowest BCUT2D eigenvalue weighted by atomic mass is 9.94. The van der Waals surface area contributed by atoms with E-state index in [0.29, 0.717) is 25.4 Å². The summed E-state index contributed by atoms with van der Waals surface area (Å²) in [7, 11) is 1.95. The molecule has 0 aliphatic carbocycles. The Bertz CT molecular complexity index is 783. The average molecular weight is 422 g/mol. The molecule has 2 heterocycles. The SMILES string of the molecule is CCCCN(CC(=O)N(Cc1ccco1)Cc1cccn1C)C(=O)C(C)(C)CCl. The first kappa shape index (κ1) is 23.1. The lowest BCUT2D eigenvalue weighted by Crippen LogP contribution is -2.48. The number of aromatic nitrogens is 1. The van der Waals surface area contributed by atoms with Crippen molar-refractivity contribution in [2.45, 2.75) is 46.7 Å². The summed E-state index contributed by atoms with van der Waals surface area (Å²) >= 11 is 6.01. The maximum atomic E-state index is 13.2. The molecule has 0 atom stereocenters. The van der Waals surface area contributed by atoms with Crippen LogP contribution in [0, 0.1) is 5.41 Å². The van der Waals surface area contributed by atoms with E-state index in [-0.39, 0.29) is 24.2 Å². The van der Waals surface area contributed by atoms with Crippen molar-refractivity contribution in [1.29, 1.82) is 0 Å². The number of nitrogens with zero attached hydrogens (tertiary/aromatic N) is 3. The molecule has 0 radical (unpaired) electrons. The molecule has 6 nitrogen and oxygen atoms in total. The second-order valence-corrected chi connectivity index (χ2v) is 8.30. The van der Waals surface area contributed by atoms with Gasteiger partial charge in [-0.1, -0.05) is 13.3 Å². The maximum absolute atomic E-state index is 13.2. The minimum atomic E-state index is -0.709. The summed E-state index contributed by atoms with van der Waals surface area (Å²) in [6.45, 7) is 7.07. The largest absolute Gasteiger partial charge is 0.467 e. The number of halogens is 1. The lowest BCUT2D eigenvalue weighted by molar-refractivity contribution is -0.146. The molecule has 2 rings (SSSR count). The van der Waals surface area contributed by atoms with Crippen LogP contribution in [-0.2, 0) is 29.7 Å². The van der Waals surface area contributed by atoms with Crippen LogP contribution < -0.4 is 0 Å². The fourth-order valence-corrected chi connectivity index (χ4v) is 3.14. The monoisotopic (exact) mass is 421 g/mol. The van der Waals surface area contributed by atoms with Crippen LogP contribution in [0.1, 0.15) is 45.1 Å². The van der Waals surface area contributed by atoms with E-state index in [9.17, 15) is 9.59 Å². The van der Waals surface area contributed by atoms with Crippen LogP contribution in [0.5, 0.6) is 0 Å². The molecule has 7 heteroatoms. The number of alkyl halides is 1. The van der Waals surface area contributed by atoms with Gasteiger partial charge in [0.1, 0.15) is 5.76 Å². The zero-order valence-corrected chi connectivity index (χ0v) is 18.6. The summed E-state index contributed by atoms with van der Waals surface area (Å²) in [5.74, 6) is 0.714.